The van der Waals surface area contributed by atoms with E-state index in [0.29, 0.717) is 17.8 Å². The predicted molar refractivity (Wildman–Crippen MR) is 132 cm³/mol. The number of likely N-dealkylation sites (tertiary alicyclic amines) is 1. The van der Waals surface area contributed by atoms with Crippen molar-refractivity contribution in [3.05, 3.63) is 71.4 Å². The number of pyridine rings is 2. The number of amides is 1. The molecule has 1 unspecified atom stereocenters. The van der Waals surface area contributed by atoms with E-state index in [4.69, 9.17) is 0 Å². The van der Waals surface area contributed by atoms with Gasteiger partial charge in [0.2, 0.25) is 5.91 Å². The fourth-order valence-electron chi connectivity index (χ4n) is 5.54. The van der Waals surface area contributed by atoms with E-state index in [1.165, 1.54) is 0 Å². The molecule has 4 rings (SSSR count). The van der Waals surface area contributed by atoms with Gasteiger partial charge in [0.1, 0.15) is 0 Å². The summed E-state index contributed by atoms with van der Waals surface area (Å²) in [6, 6.07) is 8.11. The van der Waals surface area contributed by atoms with Crippen molar-refractivity contribution in [2.24, 2.45) is 22.9 Å². The molecule has 1 N–H and O–H groups in total. The molecule has 0 bridgehead atoms. The highest BCUT2D eigenvalue weighted by molar-refractivity contribution is 6.09. The van der Waals surface area contributed by atoms with Gasteiger partial charge in [0.15, 0.2) is 0 Å². The van der Waals surface area contributed by atoms with Gasteiger partial charge >= 0.3 is 0 Å². The summed E-state index contributed by atoms with van der Waals surface area (Å²) in [5.74, 6) is 1.43. The molecule has 1 aliphatic carbocycles. The number of hydrazone groups is 1. The maximum atomic E-state index is 13.8. The van der Waals surface area contributed by atoms with E-state index in [2.05, 4.69) is 78.2 Å². The molecular formula is C27H35N5O. The number of nitrogens with one attached hydrogen (secondary N) is 1. The van der Waals surface area contributed by atoms with E-state index in [-0.39, 0.29) is 17.4 Å². The van der Waals surface area contributed by atoms with E-state index in [9.17, 15) is 4.79 Å². The van der Waals surface area contributed by atoms with Gasteiger partial charge in [-0.05, 0) is 67.4 Å². The van der Waals surface area contributed by atoms with Crippen LogP contribution in [0.1, 0.15) is 63.8 Å². The van der Waals surface area contributed by atoms with Crippen molar-refractivity contribution < 1.29 is 4.79 Å². The number of nitrogens with zero attached hydrogens (tertiary/aromatic N) is 4. The molecule has 0 radical (unpaired) electrons. The molecule has 1 aliphatic heterocycles. The first-order valence-corrected chi connectivity index (χ1v) is 12.0. The van der Waals surface area contributed by atoms with Crippen molar-refractivity contribution in [3.8, 4) is 0 Å². The molecule has 1 saturated carbocycles. The van der Waals surface area contributed by atoms with Gasteiger partial charge in [-0.2, -0.15) is 5.10 Å². The summed E-state index contributed by atoms with van der Waals surface area (Å²) >= 11 is 0. The molecule has 3 heterocycles. The highest BCUT2D eigenvalue weighted by atomic mass is 16.2. The largest absolute Gasteiger partial charge is 0.313 e. The Morgan fingerprint density at radius 2 is 2.00 bits per heavy atom. The van der Waals surface area contributed by atoms with Gasteiger partial charge in [-0.3, -0.25) is 14.8 Å². The zero-order chi connectivity index (χ0) is 23.8. The summed E-state index contributed by atoms with van der Waals surface area (Å²) in [6.07, 6.45) is 9.02. The van der Waals surface area contributed by atoms with E-state index in [1.54, 1.807) is 19.4 Å². The summed E-state index contributed by atoms with van der Waals surface area (Å²) in [4.78, 5) is 24.6. The molecule has 4 atom stereocenters. The van der Waals surface area contributed by atoms with E-state index >= 15 is 0 Å². The van der Waals surface area contributed by atoms with Gasteiger partial charge in [0.25, 0.3) is 0 Å². The van der Waals surface area contributed by atoms with Gasteiger partial charge in [-0.15, -0.1) is 0 Å². The van der Waals surface area contributed by atoms with Gasteiger partial charge < -0.3 is 10.3 Å². The van der Waals surface area contributed by atoms with Crippen LogP contribution in [0.5, 0.6) is 0 Å². The van der Waals surface area contributed by atoms with Gasteiger partial charge in [-0.25, -0.2) is 0 Å². The van der Waals surface area contributed by atoms with Crippen LogP contribution in [0.25, 0.3) is 0 Å². The van der Waals surface area contributed by atoms with Crippen LogP contribution in [0.2, 0.25) is 0 Å². The fraction of sp³-hybridized carbons (Fsp3) is 0.481. The SMILES string of the molecule is CC/C(=C\C(=N/NC)c1ccncc1)N1C(=O)[C@H](Cc2ccc(C(C)C)nc2)C2[C@H](C)[C@]21C. The van der Waals surface area contributed by atoms with E-state index < -0.39 is 0 Å². The van der Waals surface area contributed by atoms with Crippen molar-refractivity contribution in [1.82, 2.24) is 20.3 Å². The molecule has 174 valence electrons. The molecule has 0 spiro atoms. The lowest BCUT2D eigenvalue weighted by Crippen LogP contribution is -2.39. The topological polar surface area (TPSA) is 70.5 Å². The van der Waals surface area contributed by atoms with Gasteiger partial charge in [-0.1, -0.05) is 33.8 Å². The number of carbonyl (C=O) groups excluding carboxylic acids is 1. The number of aromatic nitrogens is 2. The quantitative estimate of drug-likeness (QED) is 0.478. The van der Waals surface area contributed by atoms with Crippen molar-refractivity contribution in [2.75, 3.05) is 7.05 Å². The first kappa shape index (κ1) is 23.1. The third kappa shape index (κ3) is 4.07. The maximum absolute atomic E-state index is 13.8. The lowest BCUT2D eigenvalue weighted by atomic mass is 9.94. The molecule has 6 heteroatoms. The third-order valence-corrected chi connectivity index (χ3v) is 7.54. The number of fused-ring (bicyclic) bond motifs is 1. The monoisotopic (exact) mass is 445 g/mol. The first-order valence-electron chi connectivity index (χ1n) is 12.0. The Bertz CT molecular complexity index is 1060. The standard InChI is InChI=1S/C27H35N5O/c1-7-21(15-24(31-28-6)20-10-12-29-13-11-20)32-26(33)22(25-18(4)27(25,32)5)14-19-8-9-23(17(2)3)30-16-19/h8-13,15-18,22,25,28H,7,14H2,1-6H3/b21-15+,31-24+/t18-,22+,25?,27+/m0/s1. The predicted octanol–water partition coefficient (Wildman–Crippen LogP) is 4.54. The van der Waals surface area contributed by atoms with Crippen molar-refractivity contribution in [1.29, 1.82) is 0 Å². The first-order chi connectivity index (χ1) is 15.8. The minimum absolute atomic E-state index is 0.0164. The van der Waals surface area contributed by atoms with Crippen LogP contribution < -0.4 is 5.43 Å². The molecule has 2 aromatic heterocycles. The Hall–Kier alpha value is -3.02. The number of rotatable bonds is 8. The Morgan fingerprint density at radius 1 is 1.27 bits per heavy atom. The average molecular weight is 446 g/mol. The molecule has 2 aliphatic rings. The molecule has 2 aromatic rings. The van der Waals surface area contributed by atoms with Crippen LogP contribution in [0.4, 0.5) is 0 Å². The summed E-state index contributed by atoms with van der Waals surface area (Å²) in [5.41, 5.74) is 7.77. The minimum atomic E-state index is -0.141. The Labute approximate surface area is 197 Å². The molecule has 2 fully saturated rings. The number of hydrogen-bond acceptors (Lipinski definition) is 5. The van der Waals surface area contributed by atoms with Gasteiger partial charge in [0, 0.05) is 48.5 Å². The maximum Gasteiger partial charge on any atom is 0.231 e. The number of carbonyl (C=O) groups is 1. The zero-order valence-electron chi connectivity index (χ0n) is 20.5. The fourth-order valence-corrected chi connectivity index (χ4v) is 5.54. The van der Waals surface area contributed by atoms with Crippen LogP contribution in [0, 0.1) is 17.8 Å². The molecule has 1 amide bonds. The Morgan fingerprint density at radius 3 is 2.58 bits per heavy atom. The highest BCUT2D eigenvalue weighted by Gasteiger charge is 2.73. The second-order valence-corrected chi connectivity index (χ2v) is 9.72. The van der Waals surface area contributed by atoms with Crippen LogP contribution >= 0.6 is 0 Å². The summed E-state index contributed by atoms with van der Waals surface area (Å²) in [5, 5.41) is 4.48. The molecule has 1 saturated heterocycles. The lowest BCUT2D eigenvalue weighted by Gasteiger charge is -2.30. The van der Waals surface area contributed by atoms with Crippen molar-refractivity contribution >= 4 is 11.6 Å². The number of piperidine rings is 1. The molecule has 0 aromatic carbocycles. The van der Waals surface area contributed by atoms with Crippen molar-refractivity contribution in [2.45, 2.75) is 58.9 Å². The lowest BCUT2D eigenvalue weighted by molar-refractivity contribution is -0.133. The van der Waals surface area contributed by atoms with Gasteiger partial charge in [0.05, 0.1) is 11.3 Å². The van der Waals surface area contributed by atoms with Crippen LogP contribution in [-0.2, 0) is 11.2 Å². The van der Waals surface area contributed by atoms with Crippen LogP contribution in [-0.4, -0.2) is 39.1 Å². The smallest absolute Gasteiger partial charge is 0.231 e. The number of hydrogen-bond donors (Lipinski definition) is 1. The third-order valence-electron chi connectivity index (χ3n) is 7.54. The summed E-state index contributed by atoms with van der Waals surface area (Å²) in [7, 11) is 1.79. The normalized spacial score (nSPS) is 27.2. The van der Waals surface area contributed by atoms with E-state index in [0.717, 1.165) is 41.1 Å². The highest BCUT2D eigenvalue weighted by Crippen LogP contribution is 2.65. The number of allylic oxidation sites excluding steroid dienone is 2. The minimum Gasteiger partial charge on any atom is -0.313 e. The molecular weight excluding hydrogens is 410 g/mol. The van der Waals surface area contributed by atoms with Crippen LogP contribution in [0.15, 0.2) is 59.7 Å². The Balaban J connectivity index is 1.64. The second-order valence-electron chi connectivity index (χ2n) is 9.72. The second kappa shape index (κ2) is 9.08. The van der Waals surface area contributed by atoms with E-state index in [1.807, 2.05) is 18.3 Å². The molecule has 6 nitrogen and oxygen atoms in total. The molecule has 33 heavy (non-hydrogen) atoms. The summed E-state index contributed by atoms with van der Waals surface area (Å²) < 4.78 is 0. The Kier molecular flexibility index (Phi) is 6.37. The average Bonchev–Trinajstić information content (AvgIpc) is 3.27. The zero-order valence-corrected chi connectivity index (χ0v) is 20.5. The van der Waals surface area contributed by atoms with Crippen molar-refractivity contribution in [3.63, 3.8) is 0 Å². The summed E-state index contributed by atoms with van der Waals surface area (Å²) in [6.45, 7) is 10.9. The van der Waals surface area contributed by atoms with Crippen LogP contribution in [0.3, 0.4) is 0 Å².